The van der Waals surface area contributed by atoms with Crippen molar-refractivity contribution in [2.75, 3.05) is 44.2 Å². The highest BCUT2D eigenvalue weighted by atomic mass is 16.5. The summed E-state index contributed by atoms with van der Waals surface area (Å²) in [6.07, 6.45) is 6.16. The lowest BCUT2D eigenvalue weighted by Crippen LogP contribution is -2.46. The van der Waals surface area contributed by atoms with Crippen LogP contribution >= 0.6 is 0 Å². The van der Waals surface area contributed by atoms with Gasteiger partial charge in [-0.05, 0) is 36.1 Å². The highest BCUT2D eigenvalue weighted by Gasteiger charge is 2.22. The maximum atomic E-state index is 6.04. The van der Waals surface area contributed by atoms with Crippen molar-refractivity contribution in [3.05, 3.63) is 59.9 Å². The molecule has 0 amide bonds. The molecule has 4 rings (SSSR count). The number of aromatic nitrogens is 1. The third-order valence-corrected chi connectivity index (χ3v) is 5.20. The zero-order valence-corrected chi connectivity index (χ0v) is 14.1. The van der Waals surface area contributed by atoms with Crippen LogP contribution in [0, 0.1) is 0 Å². The third kappa shape index (κ3) is 3.45. The van der Waals surface area contributed by atoms with E-state index in [4.69, 9.17) is 4.74 Å². The molecule has 1 unspecified atom stereocenters. The molecule has 1 aromatic heterocycles. The summed E-state index contributed by atoms with van der Waals surface area (Å²) >= 11 is 0. The number of rotatable bonds is 4. The number of hydrogen-bond acceptors (Lipinski definition) is 4. The summed E-state index contributed by atoms with van der Waals surface area (Å²) in [6, 6.07) is 13.0. The molecule has 0 bridgehead atoms. The van der Waals surface area contributed by atoms with E-state index in [0.29, 0.717) is 0 Å². The minimum Gasteiger partial charge on any atom is -0.373 e. The zero-order chi connectivity index (χ0) is 16.2. The lowest BCUT2D eigenvalue weighted by Gasteiger charge is -2.37. The van der Waals surface area contributed by atoms with Crippen LogP contribution in [-0.4, -0.2) is 49.2 Å². The average Bonchev–Trinajstić information content (AvgIpc) is 2.67. The Morgan fingerprint density at radius 3 is 2.62 bits per heavy atom. The fourth-order valence-electron chi connectivity index (χ4n) is 3.80. The third-order valence-electron chi connectivity index (χ3n) is 5.20. The van der Waals surface area contributed by atoms with Crippen LogP contribution in [-0.2, 0) is 11.2 Å². The molecule has 1 aromatic carbocycles. The number of piperazine rings is 1. The Morgan fingerprint density at radius 2 is 1.79 bits per heavy atom. The van der Waals surface area contributed by atoms with E-state index in [2.05, 4.69) is 51.2 Å². The van der Waals surface area contributed by atoms with Crippen LogP contribution in [0.4, 0.5) is 5.69 Å². The minimum atomic E-state index is 0.271. The predicted molar refractivity (Wildman–Crippen MR) is 96.3 cm³/mol. The quantitative estimate of drug-likeness (QED) is 0.865. The Morgan fingerprint density at radius 1 is 1.00 bits per heavy atom. The lowest BCUT2D eigenvalue weighted by molar-refractivity contribution is 0.0289. The Hall–Kier alpha value is -1.91. The van der Waals surface area contributed by atoms with Crippen molar-refractivity contribution in [2.24, 2.45) is 0 Å². The van der Waals surface area contributed by atoms with Gasteiger partial charge in [0, 0.05) is 50.8 Å². The van der Waals surface area contributed by atoms with E-state index in [1.165, 1.54) is 16.8 Å². The molecule has 2 aromatic rings. The van der Waals surface area contributed by atoms with Gasteiger partial charge in [0.15, 0.2) is 0 Å². The first-order valence-electron chi connectivity index (χ1n) is 8.97. The van der Waals surface area contributed by atoms with Gasteiger partial charge in [-0.1, -0.05) is 24.3 Å². The molecule has 4 heteroatoms. The van der Waals surface area contributed by atoms with Crippen LogP contribution in [0.2, 0.25) is 0 Å². The van der Waals surface area contributed by atoms with Crippen molar-refractivity contribution in [3.8, 4) is 0 Å². The molecule has 2 aliphatic rings. The minimum absolute atomic E-state index is 0.271. The van der Waals surface area contributed by atoms with Gasteiger partial charge >= 0.3 is 0 Å². The van der Waals surface area contributed by atoms with Crippen molar-refractivity contribution >= 4 is 5.69 Å². The molecule has 1 atom stereocenters. The number of anilines is 1. The van der Waals surface area contributed by atoms with E-state index >= 15 is 0 Å². The van der Waals surface area contributed by atoms with Crippen LogP contribution in [0.1, 0.15) is 23.7 Å². The Labute approximate surface area is 144 Å². The fraction of sp³-hybridized carbons (Fsp3) is 0.450. The van der Waals surface area contributed by atoms with Gasteiger partial charge in [-0.3, -0.25) is 9.88 Å². The van der Waals surface area contributed by atoms with Gasteiger partial charge in [-0.15, -0.1) is 0 Å². The van der Waals surface area contributed by atoms with Crippen molar-refractivity contribution in [3.63, 3.8) is 0 Å². The smallest absolute Gasteiger partial charge is 0.0839 e. The summed E-state index contributed by atoms with van der Waals surface area (Å²) in [7, 11) is 0. The first-order chi connectivity index (χ1) is 11.9. The van der Waals surface area contributed by atoms with Crippen molar-refractivity contribution < 1.29 is 4.74 Å². The van der Waals surface area contributed by atoms with Gasteiger partial charge in [-0.2, -0.15) is 0 Å². The van der Waals surface area contributed by atoms with E-state index in [1.807, 2.05) is 12.4 Å². The van der Waals surface area contributed by atoms with Gasteiger partial charge < -0.3 is 9.64 Å². The summed E-state index contributed by atoms with van der Waals surface area (Å²) in [5.74, 6) is 0. The number of hydrogen-bond donors (Lipinski definition) is 0. The molecule has 0 spiro atoms. The van der Waals surface area contributed by atoms with Crippen molar-refractivity contribution in [1.29, 1.82) is 0 Å². The second kappa shape index (κ2) is 7.32. The summed E-state index contributed by atoms with van der Waals surface area (Å²) < 4.78 is 6.04. The highest BCUT2D eigenvalue weighted by molar-refractivity contribution is 5.44. The monoisotopic (exact) mass is 323 g/mol. The largest absolute Gasteiger partial charge is 0.373 e. The lowest BCUT2D eigenvalue weighted by atomic mass is 9.95. The van der Waals surface area contributed by atoms with Gasteiger partial charge in [-0.25, -0.2) is 0 Å². The number of ether oxygens (including phenoxy) is 1. The van der Waals surface area contributed by atoms with Gasteiger partial charge in [0.25, 0.3) is 0 Å². The topological polar surface area (TPSA) is 28.6 Å². The SMILES string of the molecule is c1ccc2c(c1)CCOC2CCN1CCN(c2ccncc2)CC1. The van der Waals surface area contributed by atoms with Gasteiger partial charge in [0.05, 0.1) is 12.7 Å². The molecule has 1 fully saturated rings. The average molecular weight is 323 g/mol. The molecule has 0 radical (unpaired) electrons. The number of nitrogens with zero attached hydrogens (tertiary/aromatic N) is 3. The maximum absolute atomic E-state index is 6.04. The first-order valence-corrected chi connectivity index (χ1v) is 8.97. The molecular weight excluding hydrogens is 298 g/mol. The zero-order valence-electron chi connectivity index (χ0n) is 14.1. The van der Waals surface area contributed by atoms with Crippen molar-refractivity contribution in [2.45, 2.75) is 18.9 Å². The van der Waals surface area contributed by atoms with E-state index in [9.17, 15) is 0 Å². The van der Waals surface area contributed by atoms with Crippen LogP contribution in [0.15, 0.2) is 48.8 Å². The van der Waals surface area contributed by atoms with Gasteiger partial charge in [0.2, 0.25) is 0 Å². The number of benzene rings is 1. The number of pyridine rings is 1. The molecule has 24 heavy (non-hydrogen) atoms. The molecule has 126 valence electrons. The molecule has 0 N–H and O–H groups in total. The van der Waals surface area contributed by atoms with E-state index < -0.39 is 0 Å². The second-order valence-corrected chi connectivity index (χ2v) is 6.63. The second-order valence-electron chi connectivity index (χ2n) is 6.63. The maximum Gasteiger partial charge on any atom is 0.0839 e. The highest BCUT2D eigenvalue weighted by Crippen LogP contribution is 2.29. The van der Waals surface area contributed by atoms with Crippen LogP contribution in [0.5, 0.6) is 0 Å². The molecule has 0 aliphatic carbocycles. The Balaban J connectivity index is 1.29. The molecule has 2 aliphatic heterocycles. The standard InChI is InChI=1S/C20H25N3O/c1-2-4-19-17(3-1)8-16-24-20(19)7-11-22-12-14-23(15-13-22)18-5-9-21-10-6-18/h1-6,9-10,20H,7-8,11-16H2. The summed E-state index contributed by atoms with van der Waals surface area (Å²) in [4.78, 5) is 9.12. The molecule has 0 saturated carbocycles. The van der Waals surface area contributed by atoms with E-state index in [-0.39, 0.29) is 6.10 Å². The van der Waals surface area contributed by atoms with Gasteiger partial charge in [0.1, 0.15) is 0 Å². The van der Waals surface area contributed by atoms with Crippen LogP contribution in [0.3, 0.4) is 0 Å². The fourth-order valence-corrected chi connectivity index (χ4v) is 3.80. The number of fused-ring (bicyclic) bond motifs is 1. The van der Waals surface area contributed by atoms with Crippen LogP contribution < -0.4 is 4.90 Å². The molecule has 4 nitrogen and oxygen atoms in total. The Kier molecular flexibility index (Phi) is 4.76. The molecule has 3 heterocycles. The summed E-state index contributed by atoms with van der Waals surface area (Å²) in [5.41, 5.74) is 4.16. The first kappa shape index (κ1) is 15.6. The van der Waals surface area contributed by atoms with Crippen molar-refractivity contribution in [1.82, 2.24) is 9.88 Å². The molecule has 1 saturated heterocycles. The summed E-state index contributed by atoms with van der Waals surface area (Å²) in [6.45, 7) is 6.40. The summed E-state index contributed by atoms with van der Waals surface area (Å²) in [5, 5.41) is 0. The normalized spacial score (nSPS) is 21.5. The van der Waals surface area contributed by atoms with E-state index in [1.54, 1.807) is 0 Å². The predicted octanol–water partition coefficient (Wildman–Crippen LogP) is 2.91. The van der Waals surface area contributed by atoms with E-state index in [0.717, 1.165) is 52.2 Å². The molecular formula is C20H25N3O. The van der Waals surface area contributed by atoms with Crippen LogP contribution in [0.25, 0.3) is 0 Å². The Bertz CT molecular complexity index is 653.